The van der Waals surface area contributed by atoms with Gasteiger partial charge in [-0.3, -0.25) is 9.98 Å². The molecule has 148 valence electrons. The zero-order chi connectivity index (χ0) is 20.2. The lowest BCUT2D eigenvalue weighted by molar-refractivity contribution is 0.442. The molecule has 2 heterocycles. The highest BCUT2D eigenvalue weighted by Gasteiger charge is 2.29. The lowest BCUT2D eigenvalue weighted by Gasteiger charge is -2.33. The van der Waals surface area contributed by atoms with Gasteiger partial charge in [0.2, 0.25) is 0 Å². The summed E-state index contributed by atoms with van der Waals surface area (Å²) >= 11 is 0. The fraction of sp³-hybridized carbons (Fsp3) is 0.360. The minimum Gasteiger partial charge on any atom is -0.258 e. The number of aliphatic imine (C=N–C) groups is 2. The van der Waals surface area contributed by atoms with Gasteiger partial charge in [0.1, 0.15) is 0 Å². The van der Waals surface area contributed by atoms with Gasteiger partial charge < -0.3 is 0 Å². The largest absolute Gasteiger partial charge is 0.258 e. The van der Waals surface area contributed by atoms with E-state index in [-0.39, 0.29) is 0 Å². The van der Waals surface area contributed by atoms with Crippen molar-refractivity contribution >= 4 is 17.7 Å². The third-order valence-corrected chi connectivity index (χ3v) is 5.85. The summed E-state index contributed by atoms with van der Waals surface area (Å²) in [7, 11) is 0. The maximum Gasteiger partial charge on any atom is 0.173 e. The van der Waals surface area contributed by atoms with Gasteiger partial charge in [0.05, 0.1) is 17.1 Å². The standard InChI is InChI=1S/C25H28N4/c1-4-13-26-25-18(3)27-16-21(29-25)15-19-9-11-20(12-10-19)23-14-17(2)28-24-8-6-5-7-22(23)24/h4,6,8-11,13,16,20,23H,1,5,7,12,14-15H2,2-3H3. The lowest BCUT2D eigenvalue weighted by atomic mass is 9.74. The van der Waals surface area contributed by atoms with Crippen molar-refractivity contribution in [2.75, 3.05) is 0 Å². The second-order valence-corrected chi connectivity index (χ2v) is 8.01. The first-order valence-electron chi connectivity index (χ1n) is 10.4. The second kappa shape index (κ2) is 8.64. The van der Waals surface area contributed by atoms with Crippen LogP contribution in [0.1, 0.15) is 44.0 Å². The number of rotatable bonds is 5. The molecule has 29 heavy (non-hydrogen) atoms. The smallest absolute Gasteiger partial charge is 0.173 e. The van der Waals surface area contributed by atoms with Gasteiger partial charge in [-0.1, -0.05) is 37.0 Å². The Balaban J connectivity index is 1.46. The van der Waals surface area contributed by atoms with E-state index < -0.39 is 0 Å². The topological polar surface area (TPSA) is 50.5 Å². The van der Waals surface area contributed by atoms with Gasteiger partial charge in [-0.25, -0.2) is 9.98 Å². The van der Waals surface area contributed by atoms with E-state index in [0.29, 0.717) is 17.7 Å². The Labute approximate surface area is 173 Å². The Bertz CT molecular complexity index is 988. The van der Waals surface area contributed by atoms with Gasteiger partial charge in [0.25, 0.3) is 0 Å². The summed E-state index contributed by atoms with van der Waals surface area (Å²) in [5.41, 5.74) is 7.11. The summed E-state index contributed by atoms with van der Waals surface area (Å²) in [4.78, 5) is 18.2. The van der Waals surface area contributed by atoms with Crippen LogP contribution in [0, 0.1) is 18.8 Å². The first-order valence-corrected chi connectivity index (χ1v) is 10.4. The Hall–Kier alpha value is -2.88. The maximum atomic E-state index is 4.79. The molecule has 1 aromatic rings. The first kappa shape index (κ1) is 19.4. The van der Waals surface area contributed by atoms with Gasteiger partial charge in [-0.2, -0.15) is 0 Å². The molecule has 4 nitrogen and oxygen atoms in total. The normalized spacial score (nSPS) is 23.8. The van der Waals surface area contributed by atoms with Crippen LogP contribution in [0.2, 0.25) is 0 Å². The van der Waals surface area contributed by atoms with E-state index in [0.717, 1.165) is 43.5 Å². The number of aryl methyl sites for hydroxylation is 1. The number of hydrogen-bond donors (Lipinski definition) is 0. The van der Waals surface area contributed by atoms with E-state index in [1.807, 2.05) is 13.1 Å². The minimum absolute atomic E-state index is 0.553. The van der Waals surface area contributed by atoms with E-state index >= 15 is 0 Å². The van der Waals surface area contributed by atoms with Crippen molar-refractivity contribution in [2.24, 2.45) is 21.8 Å². The number of nitrogens with zero attached hydrogens (tertiary/aromatic N) is 4. The molecule has 0 aromatic carbocycles. The summed E-state index contributed by atoms with van der Waals surface area (Å²) in [6.45, 7) is 7.76. The molecule has 1 aromatic heterocycles. The molecule has 4 heteroatoms. The van der Waals surface area contributed by atoms with Crippen LogP contribution < -0.4 is 0 Å². The molecule has 2 atom stereocenters. The van der Waals surface area contributed by atoms with Crippen molar-refractivity contribution in [1.29, 1.82) is 0 Å². The van der Waals surface area contributed by atoms with Crippen LogP contribution in [-0.4, -0.2) is 21.9 Å². The fourth-order valence-electron chi connectivity index (χ4n) is 4.38. The Morgan fingerprint density at radius 3 is 2.97 bits per heavy atom. The Kier molecular flexibility index (Phi) is 5.79. The molecule has 1 aliphatic heterocycles. The van der Waals surface area contributed by atoms with Gasteiger partial charge in [0.15, 0.2) is 5.82 Å². The predicted octanol–water partition coefficient (Wildman–Crippen LogP) is 5.80. The van der Waals surface area contributed by atoms with Crippen LogP contribution in [-0.2, 0) is 6.42 Å². The van der Waals surface area contributed by atoms with E-state index in [1.165, 1.54) is 17.0 Å². The molecule has 3 aliphatic rings. The quantitative estimate of drug-likeness (QED) is 0.602. The highest BCUT2D eigenvalue weighted by molar-refractivity contribution is 5.85. The zero-order valence-electron chi connectivity index (χ0n) is 17.3. The minimum atomic E-state index is 0.553. The van der Waals surface area contributed by atoms with Gasteiger partial charge >= 0.3 is 0 Å². The molecule has 0 saturated heterocycles. The van der Waals surface area contributed by atoms with Gasteiger partial charge in [-0.05, 0) is 68.6 Å². The third-order valence-electron chi connectivity index (χ3n) is 5.85. The number of aromatic nitrogens is 2. The van der Waals surface area contributed by atoms with Crippen molar-refractivity contribution in [2.45, 2.75) is 46.0 Å². The molecule has 0 radical (unpaired) electrons. The highest BCUT2D eigenvalue weighted by Crippen LogP contribution is 2.40. The van der Waals surface area contributed by atoms with Crippen LogP contribution >= 0.6 is 0 Å². The van der Waals surface area contributed by atoms with Crippen molar-refractivity contribution in [3.05, 3.63) is 77.5 Å². The summed E-state index contributed by atoms with van der Waals surface area (Å²) in [5.74, 6) is 1.81. The van der Waals surface area contributed by atoms with Crippen LogP contribution in [0.25, 0.3) is 0 Å². The van der Waals surface area contributed by atoms with Gasteiger partial charge in [0, 0.05) is 24.5 Å². The molecular weight excluding hydrogens is 356 g/mol. The fourth-order valence-corrected chi connectivity index (χ4v) is 4.38. The van der Waals surface area contributed by atoms with Crippen molar-refractivity contribution < 1.29 is 0 Å². The monoisotopic (exact) mass is 384 g/mol. The Morgan fingerprint density at radius 1 is 1.28 bits per heavy atom. The van der Waals surface area contributed by atoms with E-state index in [4.69, 9.17) is 4.99 Å². The van der Waals surface area contributed by atoms with Crippen molar-refractivity contribution in [1.82, 2.24) is 9.97 Å². The predicted molar refractivity (Wildman–Crippen MR) is 121 cm³/mol. The molecule has 0 bridgehead atoms. The van der Waals surface area contributed by atoms with E-state index in [9.17, 15) is 0 Å². The summed E-state index contributed by atoms with van der Waals surface area (Å²) < 4.78 is 0. The van der Waals surface area contributed by atoms with Crippen LogP contribution in [0.3, 0.4) is 0 Å². The molecule has 0 fully saturated rings. The summed E-state index contributed by atoms with van der Waals surface area (Å²) in [6.07, 6.45) is 21.9. The number of hydrogen-bond acceptors (Lipinski definition) is 4. The SMILES string of the molecule is C=CC=Nc1nc(CC2=CCC(C3CC(C)=NC4=C3CCC=C4)C=C2)cnc1C. The molecule has 4 rings (SSSR count). The average molecular weight is 385 g/mol. The molecule has 2 aliphatic carbocycles. The van der Waals surface area contributed by atoms with Crippen LogP contribution in [0.15, 0.2) is 76.1 Å². The second-order valence-electron chi connectivity index (χ2n) is 8.01. The Morgan fingerprint density at radius 2 is 2.17 bits per heavy atom. The highest BCUT2D eigenvalue weighted by atomic mass is 15.0. The van der Waals surface area contributed by atoms with E-state index in [2.05, 4.69) is 58.8 Å². The first-order chi connectivity index (χ1) is 14.1. The molecule has 0 amide bonds. The average Bonchev–Trinajstić information content (AvgIpc) is 2.74. The molecule has 0 spiro atoms. The third kappa shape index (κ3) is 4.42. The molecule has 2 unspecified atom stereocenters. The van der Waals surface area contributed by atoms with Crippen LogP contribution in [0.5, 0.6) is 0 Å². The zero-order valence-corrected chi connectivity index (χ0v) is 17.3. The van der Waals surface area contributed by atoms with Crippen molar-refractivity contribution in [3.63, 3.8) is 0 Å². The van der Waals surface area contributed by atoms with Crippen molar-refractivity contribution in [3.8, 4) is 0 Å². The summed E-state index contributed by atoms with van der Waals surface area (Å²) in [5, 5.41) is 0. The molecular formula is C25H28N4. The number of allylic oxidation sites excluding steroid dienone is 8. The van der Waals surface area contributed by atoms with E-state index in [1.54, 1.807) is 17.9 Å². The maximum absolute atomic E-state index is 4.79. The lowest BCUT2D eigenvalue weighted by Crippen LogP contribution is -2.24. The summed E-state index contributed by atoms with van der Waals surface area (Å²) in [6, 6.07) is 0. The van der Waals surface area contributed by atoms with Crippen LogP contribution in [0.4, 0.5) is 5.82 Å². The van der Waals surface area contributed by atoms with Gasteiger partial charge in [-0.15, -0.1) is 0 Å². The molecule has 0 N–H and O–H groups in total. The molecule has 0 saturated carbocycles.